The number of hydrogen-bond acceptors (Lipinski definition) is 4. The molecule has 1 aromatic heterocycles. The minimum Gasteiger partial charge on any atom is -0.367 e. The molecule has 0 N–H and O–H groups in total. The van der Waals surface area contributed by atoms with Crippen LogP contribution in [-0.2, 0) is 13.0 Å². The van der Waals surface area contributed by atoms with E-state index in [1.54, 1.807) is 11.5 Å². The van der Waals surface area contributed by atoms with Crippen LogP contribution in [0.2, 0.25) is 0 Å². The smallest absolute Gasteiger partial charge is 0.342 e. The molecule has 1 aromatic carbocycles. The third-order valence-corrected chi connectivity index (χ3v) is 4.02. The highest BCUT2D eigenvalue weighted by Gasteiger charge is 2.20. The van der Waals surface area contributed by atoms with Crippen LogP contribution in [0.15, 0.2) is 30.5 Å². The van der Waals surface area contributed by atoms with Crippen LogP contribution in [0.25, 0.3) is 0 Å². The van der Waals surface area contributed by atoms with E-state index in [0.717, 1.165) is 25.9 Å². The number of aromatic nitrogens is 2. The number of rotatable bonds is 4. The van der Waals surface area contributed by atoms with E-state index in [1.165, 1.54) is 17.4 Å². The zero-order chi connectivity index (χ0) is 14.8. The molecule has 1 aliphatic rings. The Bertz CT molecular complexity index is 665. The van der Waals surface area contributed by atoms with E-state index in [9.17, 15) is 10.1 Å². The van der Waals surface area contributed by atoms with Gasteiger partial charge < -0.3 is 15.0 Å². The molecule has 2 heterocycles. The molecule has 0 bridgehead atoms. The molecule has 0 spiro atoms. The molecule has 1 aliphatic heterocycles. The van der Waals surface area contributed by atoms with Gasteiger partial charge in [0, 0.05) is 19.2 Å². The average Bonchev–Trinajstić information content (AvgIpc) is 2.86. The Morgan fingerprint density at radius 1 is 1.33 bits per heavy atom. The molecule has 0 amide bonds. The fraction of sp³-hybridized carbons (Fsp3) is 0.400. The fourth-order valence-electron chi connectivity index (χ4n) is 2.94. The third kappa shape index (κ3) is 2.61. The molecule has 6 heteroatoms. The summed E-state index contributed by atoms with van der Waals surface area (Å²) < 4.78 is 1.68. The highest BCUT2D eigenvalue weighted by molar-refractivity contribution is 5.55. The lowest BCUT2D eigenvalue weighted by atomic mass is 10.0. The van der Waals surface area contributed by atoms with E-state index >= 15 is 0 Å². The molecule has 0 fully saturated rings. The summed E-state index contributed by atoms with van der Waals surface area (Å²) in [4.78, 5) is 17.0. The lowest BCUT2D eigenvalue weighted by Gasteiger charge is -2.30. The highest BCUT2D eigenvalue weighted by Crippen LogP contribution is 2.26. The summed E-state index contributed by atoms with van der Waals surface area (Å²) in [5, 5.41) is 11.0. The predicted octanol–water partition coefficient (Wildman–Crippen LogP) is 2.55. The Labute approximate surface area is 123 Å². The van der Waals surface area contributed by atoms with Crippen molar-refractivity contribution >= 4 is 11.5 Å². The normalized spacial score (nSPS) is 14.0. The van der Waals surface area contributed by atoms with Crippen LogP contribution in [0, 0.1) is 17.0 Å². The van der Waals surface area contributed by atoms with E-state index in [1.807, 2.05) is 6.07 Å². The van der Waals surface area contributed by atoms with Gasteiger partial charge in [-0.05, 0) is 29.4 Å². The van der Waals surface area contributed by atoms with Gasteiger partial charge in [0.15, 0.2) is 5.82 Å². The van der Waals surface area contributed by atoms with E-state index < -0.39 is 0 Å². The first-order chi connectivity index (χ1) is 10.2. The molecule has 3 rings (SSSR count). The zero-order valence-corrected chi connectivity index (χ0v) is 12.0. The first-order valence-electron chi connectivity index (χ1n) is 7.16. The SMILES string of the molecule is Cc1ncc([N+](=O)[O-])n1CCN1CCCc2ccccc21. The standard InChI is InChI=1S/C15H18N4O2/c1-12-16-11-15(19(20)21)18(12)10-9-17-8-4-6-13-5-2-3-7-14(13)17/h2-3,5,7,11H,4,6,8-10H2,1H3. The van der Waals surface area contributed by atoms with E-state index in [2.05, 4.69) is 28.1 Å². The van der Waals surface area contributed by atoms with Crippen LogP contribution >= 0.6 is 0 Å². The molecule has 0 saturated carbocycles. The minimum atomic E-state index is -0.371. The number of nitrogens with zero attached hydrogens (tertiary/aromatic N) is 4. The van der Waals surface area contributed by atoms with Crippen LogP contribution in [0.5, 0.6) is 0 Å². The van der Waals surface area contributed by atoms with Crippen molar-refractivity contribution in [1.82, 2.24) is 9.55 Å². The number of aryl methyl sites for hydroxylation is 2. The molecule has 2 aromatic rings. The summed E-state index contributed by atoms with van der Waals surface area (Å²) in [6.45, 7) is 4.14. The molecule has 110 valence electrons. The molecule has 0 unspecified atom stereocenters. The van der Waals surface area contributed by atoms with Gasteiger partial charge in [0.05, 0.1) is 6.54 Å². The van der Waals surface area contributed by atoms with Gasteiger partial charge in [-0.2, -0.15) is 0 Å². The molecule has 6 nitrogen and oxygen atoms in total. The molecular formula is C15H18N4O2. The lowest BCUT2D eigenvalue weighted by Crippen LogP contribution is -2.32. The van der Waals surface area contributed by atoms with Crippen molar-refractivity contribution in [1.29, 1.82) is 0 Å². The van der Waals surface area contributed by atoms with Crippen molar-refractivity contribution < 1.29 is 4.92 Å². The second-order valence-electron chi connectivity index (χ2n) is 5.29. The molecule has 21 heavy (non-hydrogen) atoms. The van der Waals surface area contributed by atoms with E-state index in [0.29, 0.717) is 12.4 Å². The fourth-order valence-corrected chi connectivity index (χ4v) is 2.94. The Hall–Kier alpha value is -2.37. The summed E-state index contributed by atoms with van der Waals surface area (Å²) in [5.41, 5.74) is 2.62. The summed E-state index contributed by atoms with van der Waals surface area (Å²) >= 11 is 0. The van der Waals surface area contributed by atoms with Gasteiger partial charge in [0.25, 0.3) is 0 Å². The number of hydrogen-bond donors (Lipinski definition) is 0. The quantitative estimate of drug-likeness (QED) is 0.640. The maximum Gasteiger partial charge on any atom is 0.342 e. The maximum atomic E-state index is 11.0. The Morgan fingerprint density at radius 3 is 2.95 bits per heavy atom. The summed E-state index contributed by atoms with van der Waals surface area (Å²) in [7, 11) is 0. The van der Waals surface area contributed by atoms with Gasteiger partial charge in [-0.25, -0.2) is 9.55 Å². The van der Waals surface area contributed by atoms with Crippen LogP contribution in [0.4, 0.5) is 11.5 Å². The van der Waals surface area contributed by atoms with Crippen molar-refractivity contribution in [3.05, 3.63) is 52.0 Å². The molecule has 0 atom stereocenters. The predicted molar refractivity (Wildman–Crippen MR) is 80.6 cm³/mol. The van der Waals surface area contributed by atoms with Gasteiger partial charge >= 0.3 is 5.82 Å². The van der Waals surface area contributed by atoms with Crippen molar-refractivity contribution in [2.75, 3.05) is 18.0 Å². The van der Waals surface area contributed by atoms with Gasteiger partial charge in [-0.3, -0.25) is 0 Å². The van der Waals surface area contributed by atoms with Crippen molar-refractivity contribution in [2.24, 2.45) is 0 Å². The van der Waals surface area contributed by atoms with Crippen molar-refractivity contribution in [3.63, 3.8) is 0 Å². The van der Waals surface area contributed by atoms with Gasteiger partial charge in [-0.15, -0.1) is 0 Å². The number of fused-ring (bicyclic) bond motifs is 1. The van der Waals surface area contributed by atoms with E-state index in [4.69, 9.17) is 0 Å². The summed E-state index contributed by atoms with van der Waals surface area (Å²) in [6.07, 6.45) is 3.57. The number of benzene rings is 1. The molecule has 0 radical (unpaired) electrons. The minimum absolute atomic E-state index is 0.0674. The second kappa shape index (κ2) is 5.55. The monoisotopic (exact) mass is 286 g/mol. The second-order valence-corrected chi connectivity index (χ2v) is 5.29. The number of imidazole rings is 1. The Kier molecular flexibility index (Phi) is 3.60. The lowest BCUT2D eigenvalue weighted by molar-refractivity contribution is -0.392. The first-order valence-corrected chi connectivity index (χ1v) is 7.16. The van der Waals surface area contributed by atoms with Crippen LogP contribution < -0.4 is 4.90 Å². The maximum absolute atomic E-state index is 11.0. The van der Waals surface area contributed by atoms with Crippen LogP contribution in [0.3, 0.4) is 0 Å². The van der Waals surface area contributed by atoms with Gasteiger partial charge in [-0.1, -0.05) is 18.2 Å². The largest absolute Gasteiger partial charge is 0.367 e. The van der Waals surface area contributed by atoms with Crippen molar-refractivity contribution in [3.8, 4) is 0 Å². The van der Waals surface area contributed by atoms with Gasteiger partial charge in [0.1, 0.15) is 12.7 Å². The van der Waals surface area contributed by atoms with Gasteiger partial charge in [0.2, 0.25) is 0 Å². The number of anilines is 1. The molecule has 0 aliphatic carbocycles. The Balaban J connectivity index is 1.78. The Morgan fingerprint density at radius 2 is 2.14 bits per heavy atom. The van der Waals surface area contributed by atoms with Crippen LogP contribution in [-0.4, -0.2) is 27.6 Å². The van der Waals surface area contributed by atoms with Crippen LogP contribution in [0.1, 0.15) is 17.8 Å². The molecule has 0 saturated heterocycles. The molecular weight excluding hydrogens is 268 g/mol. The number of nitro groups is 1. The highest BCUT2D eigenvalue weighted by atomic mass is 16.6. The summed E-state index contributed by atoms with van der Waals surface area (Å²) in [5.74, 6) is 0.754. The average molecular weight is 286 g/mol. The third-order valence-electron chi connectivity index (χ3n) is 4.02. The van der Waals surface area contributed by atoms with E-state index in [-0.39, 0.29) is 10.7 Å². The first kappa shape index (κ1) is 13.6. The topological polar surface area (TPSA) is 64.2 Å². The number of para-hydroxylation sites is 1. The summed E-state index contributed by atoms with van der Waals surface area (Å²) in [6, 6.07) is 8.39. The zero-order valence-electron chi connectivity index (χ0n) is 12.0. The van der Waals surface area contributed by atoms with Crippen molar-refractivity contribution in [2.45, 2.75) is 26.3 Å².